The first kappa shape index (κ1) is 14.1. The number of esters is 1. The predicted octanol–water partition coefficient (Wildman–Crippen LogP) is 2.95. The zero-order valence-electron chi connectivity index (χ0n) is 12.3. The Morgan fingerprint density at radius 3 is 2.42 bits per heavy atom. The van der Waals surface area contributed by atoms with Gasteiger partial charge < -0.3 is 4.74 Å². The van der Waals surface area contributed by atoms with Gasteiger partial charge in [-0.1, -0.05) is 37.3 Å². The molecule has 1 aromatic rings. The molecule has 1 heterocycles. The van der Waals surface area contributed by atoms with E-state index >= 15 is 0 Å². The summed E-state index contributed by atoms with van der Waals surface area (Å²) >= 11 is 0. The van der Waals surface area contributed by atoms with E-state index in [0.29, 0.717) is 6.42 Å². The zero-order valence-corrected chi connectivity index (χ0v) is 12.3. The largest absolute Gasteiger partial charge is 0.452 e. The molecule has 3 heteroatoms. The van der Waals surface area contributed by atoms with Gasteiger partial charge in [-0.2, -0.15) is 0 Å². The highest BCUT2D eigenvalue weighted by atomic mass is 16.6. The maximum atomic E-state index is 11.9. The number of nitrogens with zero attached hydrogens (tertiary/aromatic N) is 1. The molecule has 0 spiro atoms. The van der Waals surface area contributed by atoms with E-state index < -0.39 is 5.60 Å². The molecule has 1 fully saturated rings. The molecular formula is C16H23NO2. The molecule has 19 heavy (non-hydrogen) atoms. The first-order valence-corrected chi connectivity index (χ1v) is 6.92. The van der Waals surface area contributed by atoms with Gasteiger partial charge in [0, 0.05) is 19.4 Å². The van der Waals surface area contributed by atoms with Crippen molar-refractivity contribution < 1.29 is 9.53 Å². The van der Waals surface area contributed by atoms with Gasteiger partial charge in [0.2, 0.25) is 0 Å². The monoisotopic (exact) mass is 261 g/mol. The molecule has 0 saturated carbocycles. The summed E-state index contributed by atoms with van der Waals surface area (Å²) < 4.78 is 5.94. The molecule has 1 unspecified atom stereocenters. The smallest absolute Gasteiger partial charge is 0.306 e. The number of likely N-dealkylation sites (tertiary alicyclic amines) is 1. The summed E-state index contributed by atoms with van der Waals surface area (Å²) in [6, 6.07) is 10.1. The van der Waals surface area contributed by atoms with Gasteiger partial charge in [-0.05, 0) is 26.5 Å². The third kappa shape index (κ3) is 2.16. The molecule has 0 bridgehead atoms. The van der Waals surface area contributed by atoms with Crippen LogP contribution < -0.4 is 0 Å². The van der Waals surface area contributed by atoms with Crippen LogP contribution in [0.2, 0.25) is 0 Å². The summed E-state index contributed by atoms with van der Waals surface area (Å²) in [6.07, 6.45) is 1.25. The van der Waals surface area contributed by atoms with Crippen molar-refractivity contribution in [3.05, 3.63) is 35.9 Å². The fourth-order valence-corrected chi connectivity index (χ4v) is 2.93. The third-order valence-electron chi connectivity index (χ3n) is 4.56. The average Bonchev–Trinajstić information content (AvgIpc) is 2.64. The van der Waals surface area contributed by atoms with Gasteiger partial charge in [-0.25, -0.2) is 0 Å². The number of carbonyl (C=O) groups excluding carboxylic acids is 1. The first-order chi connectivity index (χ1) is 8.94. The Morgan fingerprint density at radius 1 is 1.32 bits per heavy atom. The predicted molar refractivity (Wildman–Crippen MR) is 75.8 cm³/mol. The summed E-state index contributed by atoms with van der Waals surface area (Å²) in [7, 11) is 2.09. The lowest BCUT2D eigenvalue weighted by molar-refractivity contribution is -0.170. The lowest BCUT2D eigenvalue weighted by Crippen LogP contribution is -2.52. The van der Waals surface area contributed by atoms with Gasteiger partial charge >= 0.3 is 5.97 Å². The molecule has 1 aromatic carbocycles. The van der Waals surface area contributed by atoms with E-state index in [1.54, 1.807) is 0 Å². The van der Waals surface area contributed by atoms with Gasteiger partial charge in [0.15, 0.2) is 5.60 Å². The van der Waals surface area contributed by atoms with Crippen molar-refractivity contribution in [2.45, 2.75) is 44.8 Å². The van der Waals surface area contributed by atoms with Crippen LogP contribution in [0.15, 0.2) is 30.3 Å². The van der Waals surface area contributed by atoms with E-state index in [1.807, 2.05) is 25.1 Å². The van der Waals surface area contributed by atoms with Crippen LogP contribution in [0, 0.1) is 0 Å². The Labute approximate surface area is 115 Å². The molecule has 0 radical (unpaired) electrons. The number of hydrogen-bond acceptors (Lipinski definition) is 3. The van der Waals surface area contributed by atoms with Crippen molar-refractivity contribution in [3.63, 3.8) is 0 Å². The second-order valence-corrected chi connectivity index (χ2v) is 5.75. The van der Waals surface area contributed by atoms with E-state index in [-0.39, 0.29) is 11.5 Å². The summed E-state index contributed by atoms with van der Waals surface area (Å²) in [6.45, 7) is 7.07. The van der Waals surface area contributed by atoms with Crippen LogP contribution in [0.5, 0.6) is 0 Å². The highest BCUT2D eigenvalue weighted by Crippen LogP contribution is 2.47. The second-order valence-electron chi connectivity index (χ2n) is 5.75. The number of carbonyl (C=O) groups is 1. The molecule has 1 atom stereocenters. The lowest BCUT2D eigenvalue weighted by atomic mass is 9.77. The molecule has 3 nitrogen and oxygen atoms in total. The SMILES string of the molecule is CCC(=O)OC1(c2ccccc2)CCN(C)C1(C)C. The molecule has 2 rings (SSSR count). The molecular weight excluding hydrogens is 238 g/mol. The fourth-order valence-electron chi connectivity index (χ4n) is 2.93. The molecule has 0 aliphatic carbocycles. The Hall–Kier alpha value is -1.35. The topological polar surface area (TPSA) is 29.5 Å². The Morgan fingerprint density at radius 2 is 1.95 bits per heavy atom. The van der Waals surface area contributed by atoms with E-state index in [0.717, 1.165) is 18.5 Å². The highest BCUT2D eigenvalue weighted by Gasteiger charge is 2.56. The highest BCUT2D eigenvalue weighted by molar-refractivity contribution is 5.70. The standard InChI is InChI=1S/C16H23NO2/c1-5-14(18)19-16(13-9-7-6-8-10-13)11-12-17(4)15(16,2)3/h6-10H,5,11-12H2,1-4H3. The molecule has 1 aliphatic heterocycles. The van der Waals surface area contributed by atoms with Crippen LogP contribution >= 0.6 is 0 Å². The van der Waals surface area contributed by atoms with Crippen LogP contribution in [0.25, 0.3) is 0 Å². The van der Waals surface area contributed by atoms with Crippen LogP contribution in [0.1, 0.15) is 39.2 Å². The number of likely N-dealkylation sites (N-methyl/N-ethyl adjacent to an activating group) is 1. The van der Waals surface area contributed by atoms with Crippen molar-refractivity contribution in [2.75, 3.05) is 13.6 Å². The number of ether oxygens (including phenoxy) is 1. The molecule has 1 aliphatic rings. The van der Waals surface area contributed by atoms with Gasteiger partial charge in [-0.3, -0.25) is 9.69 Å². The first-order valence-electron chi connectivity index (χ1n) is 6.92. The fraction of sp³-hybridized carbons (Fsp3) is 0.562. The van der Waals surface area contributed by atoms with Gasteiger partial charge in [0.25, 0.3) is 0 Å². The quantitative estimate of drug-likeness (QED) is 0.783. The van der Waals surface area contributed by atoms with E-state index in [1.165, 1.54) is 0 Å². The lowest BCUT2D eigenvalue weighted by Gasteiger charge is -2.43. The maximum Gasteiger partial charge on any atom is 0.306 e. The summed E-state index contributed by atoms with van der Waals surface area (Å²) in [4.78, 5) is 14.2. The summed E-state index contributed by atoms with van der Waals surface area (Å²) in [5.74, 6) is -0.132. The number of hydrogen-bond donors (Lipinski definition) is 0. The van der Waals surface area contributed by atoms with E-state index in [4.69, 9.17) is 4.74 Å². The second kappa shape index (κ2) is 4.97. The van der Waals surface area contributed by atoms with Crippen molar-refractivity contribution in [3.8, 4) is 0 Å². The van der Waals surface area contributed by atoms with Crippen LogP contribution in [0.4, 0.5) is 0 Å². The average molecular weight is 261 g/mol. The van der Waals surface area contributed by atoms with Crippen LogP contribution in [-0.4, -0.2) is 30.0 Å². The summed E-state index contributed by atoms with van der Waals surface area (Å²) in [5, 5.41) is 0. The summed E-state index contributed by atoms with van der Waals surface area (Å²) in [5.41, 5.74) is 0.334. The van der Waals surface area contributed by atoms with Crippen LogP contribution in [0.3, 0.4) is 0 Å². The van der Waals surface area contributed by atoms with Gasteiger partial charge in [0.05, 0.1) is 5.54 Å². The maximum absolute atomic E-state index is 11.9. The van der Waals surface area contributed by atoms with Gasteiger partial charge in [0.1, 0.15) is 0 Å². The molecule has 0 N–H and O–H groups in total. The minimum Gasteiger partial charge on any atom is -0.452 e. The van der Waals surface area contributed by atoms with Crippen LogP contribution in [-0.2, 0) is 15.1 Å². The zero-order chi connectivity index (χ0) is 14.1. The Bertz CT molecular complexity index is 455. The van der Waals surface area contributed by atoms with Crippen molar-refractivity contribution in [2.24, 2.45) is 0 Å². The molecule has 0 amide bonds. The normalized spacial score (nSPS) is 26.3. The van der Waals surface area contributed by atoms with E-state index in [2.05, 4.69) is 37.9 Å². The Kier molecular flexibility index (Phi) is 3.68. The minimum atomic E-state index is -0.546. The third-order valence-corrected chi connectivity index (χ3v) is 4.56. The Balaban J connectivity index is 2.49. The van der Waals surface area contributed by atoms with Crippen molar-refractivity contribution in [1.29, 1.82) is 0 Å². The number of benzene rings is 1. The van der Waals surface area contributed by atoms with Crippen molar-refractivity contribution >= 4 is 5.97 Å². The van der Waals surface area contributed by atoms with Crippen molar-refractivity contribution in [1.82, 2.24) is 4.90 Å². The van der Waals surface area contributed by atoms with E-state index in [9.17, 15) is 4.79 Å². The molecule has 104 valence electrons. The number of rotatable bonds is 3. The molecule has 0 aromatic heterocycles. The minimum absolute atomic E-state index is 0.132. The van der Waals surface area contributed by atoms with Gasteiger partial charge in [-0.15, -0.1) is 0 Å². The molecule has 1 saturated heterocycles.